The van der Waals surface area contributed by atoms with Gasteiger partial charge in [0.25, 0.3) is 0 Å². The Kier molecular flexibility index (Phi) is 6.93. The lowest BCUT2D eigenvalue weighted by molar-refractivity contribution is -0.122. The van der Waals surface area contributed by atoms with E-state index in [1.54, 1.807) is 7.11 Å². The summed E-state index contributed by atoms with van der Waals surface area (Å²) >= 11 is 3.48. The van der Waals surface area contributed by atoms with E-state index >= 15 is 0 Å². The van der Waals surface area contributed by atoms with Gasteiger partial charge in [0.05, 0.1) is 12.6 Å². The molecule has 4 nitrogen and oxygen atoms in total. The third-order valence-electron chi connectivity index (χ3n) is 2.56. The summed E-state index contributed by atoms with van der Waals surface area (Å²) in [6.45, 7) is 3.57. The number of halogens is 1. The number of ether oxygens (including phenoxy) is 1. The van der Waals surface area contributed by atoms with Gasteiger partial charge in [0.1, 0.15) is 0 Å². The fourth-order valence-electron chi connectivity index (χ4n) is 1.43. The van der Waals surface area contributed by atoms with Crippen LogP contribution >= 0.6 is 15.9 Å². The molecule has 0 fully saturated rings. The van der Waals surface area contributed by atoms with E-state index in [0.29, 0.717) is 19.7 Å². The van der Waals surface area contributed by atoms with Gasteiger partial charge in [-0.05, 0) is 18.6 Å². The number of hydrogen-bond acceptors (Lipinski definition) is 3. The summed E-state index contributed by atoms with van der Waals surface area (Å²) < 4.78 is 5.92. The Balaban J connectivity index is 2.34. The highest BCUT2D eigenvalue weighted by Gasteiger charge is 2.11. The van der Waals surface area contributed by atoms with Crippen LogP contribution in [-0.2, 0) is 16.1 Å². The topological polar surface area (TPSA) is 50.4 Å². The van der Waals surface area contributed by atoms with Crippen LogP contribution in [0.5, 0.6) is 0 Å². The number of carbonyl (C=O) groups excluding carboxylic acids is 1. The van der Waals surface area contributed by atoms with Gasteiger partial charge in [0.2, 0.25) is 5.91 Å². The number of amides is 1. The second kappa shape index (κ2) is 8.24. The molecular formula is C13H19BrN2O2. The van der Waals surface area contributed by atoms with Crippen LogP contribution in [-0.4, -0.2) is 32.2 Å². The minimum Gasteiger partial charge on any atom is -0.383 e. The zero-order chi connectivity index (χ0) is 13.4. The van der Waals surface area contributed by atoms with E-state index < -0.39 is 0 Å². The van der Waals surface area contributed by atoms with Crippen molar-refractivity contribution in [2.45, 2.75) is 19.5 Å². The summed E-state index contributed by atoms with van der Waals surface area (Å²) in [4.78, 5) is 11.7. The second-order valence-corrected chi connectivity index (χ2v) is 4.83. The number of benzene rings is 1. The average molecular weight is 315 g/mol. The normalized spacial score (nSPS) is 12.2. The predicted octanol–water partition coefficient (Wildman–Crippen LogP) is 1.69. The highest BCUT2D eigenvalue weighted by Crippen LogP contribution is 2.15. The van der Waals surface area contributed by atoms with Crippen molar-refractivity contribution in [3.63, 3.8) is 0 Å². The molecule has 1 aromatic rings. The molecule has 1 unspecified atom stereocenters. The van der Waals surface area contributed by atoms with Crippen molar-refractivity contribution < 1.29 is 9.53 Å². The van der Waals surface area contributed by atoms with Crippen LogP contribution in [0.4, 0.5) is 0 Å². The standard InChI is InChI=1S/C13H19BrN2O2/c1-10(13(17)15-7-8-18-2)16-9-11-5-3-4-6-12(11)14/h3-6,10,16H,7-9H2,1-2H3,(H,15,17). The largest absolute Gasteiger partial charge is 0.383 e. The van der Waals surface area contributed by atoms with Crippen LogP contribution in [0.15, 0.2) is 28.7 Å². The van der Waals surface area contributed by atoms with Gasteiger partial charge in [-0.25, -0.2) is 0 Å². The van der Waals surface area contributed by atoms with Gasteiger partial charge in [-0.15, -0.1) is 0 Å². The second-order valence-electron chi connectivity index (χ2n) is 3.98. The zero-order valence-electron chi connectivity index (χ0n) is 10.7. The fraction of sp³-hybridized carbons (Fsp3) is 0.462. The molecule has 0 radical (unpaired) electrons. The lowest BCUT2D eigenvalue weighted by atomic mass is 10.2. The van der Waals surface area contributed by atoms with Crippen LogP contribution in [0.2, 0.25) is 0 Å². The highest BCUT2D eigenvalue weighted by molar-refractivity contribution is 9.10. The summed E-state index contributed by atoms with van der Waals surface area (Å²) in [7, 11) is 1.61. The molecule has 0 heterocycles. The van der Waals surface area contributed by atoms with Crippen molar-refractivity contribution in [2.24, 2.45) is 0 Å². The van der Waals surface area contributed by atoms with Gasteiger partial charge in [-0.1, -0.05) is 34.1 Å². The number of hydrogen-bond donors (Lipinski definition) is 2. The smallest absolute Gasteiger partial charge is 0.236 e. The Hall–Kier alpha value is -0.910. The fourth-order valence-corrected chi connectivity index (χ4v) is 1.85. The number of methoxy groups -OCH3 is 1. The summed E-state index contributed by atoms with van der Waals surface area (Å²) in [6.07, 6.45) is 0. The van der Waals surface area contributed by atoms with Gasteiger partial charge in [-0.2, -0.15) is 0 Å². The maximum atomic E-state index is 11.7. The van der Waals surface area contributed by atoms with Crippen molar-refractivity contribution in [3.05, 3.63) is 34.3 Å². The first-order chi connectivity index (χ1) is 8.65. The van der Waals surface area contributed by atoms with Crippen LogP contribution in [0, 0.1) is 0 Å². The number of nitrogens with one attached hydrogen (secondary N) is 2. The molecule has 5 heteroatoms. The van der Waals surface area contributed by atoms with E-state index in [4.69, 9.17) is 4.74 Å². The molecule has 2 N–H and O–H groups in total. The minimum absolute atomic E-state index is 0.0147. The molecule has 0 saturated heterocycles. The zero-order valence-corrected chi connectivity index (χ0v) is 12.3. The third kappa shape index (κ3) is 5.16. The van der Waals surface area contributed by atoms with Gasteiger partial charge in [0.15, 0.2) is 0 Å². The molecule has 0 aliphatic heterocycles. The van der Waals surface area contributed by atoms with Crippen molar-refractivity contribution in [1.29, 1.82) is 0 Å². The Morgan fingerprint density at radius 1 is 1.44 bits per heavy atom. The molecule has 1 rings (SSSR count). The molecular weight excluding hydrogens is 296 g/mol. The molecule has 1 atom stereocenters. The Bertz CT molecular complexity index is 385. The summed E-state index contributed by atoms with van der Waals surface area (Å²) in [5.74, 6) is -0.0147. The summed E-state index contributed by atoms with van der Waals surface area (Å²) in [5.41, 5.74) is 1.13. The lowest BCUT2D eigenvalue weighted by Gasteiger charge is -2.14. The van der Waals surface area contributed by atoms with Gasteiger partial charge < -0.3 is 15.4 Å². The van der Waals surface area contributed by atoms with Gasteiger partial charge in [-0.3, -0.25) is 4.79 Å². The number of carbonyl (C=O) groups is 1. The van der Waals surface area contributed by atoms with Crippen molar-refractivity contribution in [1.82, 2.24) is 10.6 Å². The highest BCUT2D eigenvalue weighted by atomic mass is 79.9. The molecule has 0 aromatic heterocycles. The molecule has 1 amide bonds. The lowest BCUT2D eigenvalue weighted by Crippen LogP contribution is -2.42. The maximum Gasteiger partial charge on any atom is 0.236 e. The quantitative estimate of drug-likeness (QED) is 0.753. The predicted molar refractivity (Wildman–Crippen MR) is 75.3 cm³/mol. The van der Waals surface area contributed by atoms with Crippen LogP contribution in [0.1, 0.15) is 12.5 Å². The molecule has 0 aliphatic rings. The molecule has 100 valence electrons. The summed E-state index contributed by atoms with van der Waals surface area (Å²) in [6, 6.07) is 7.72. The van der Waals surface area contributed by atoms with E-state index in [-0.39, 0.29) is 11.9 Å². The SMILES string of the molecule is COCCNC(=O)C(C)NCc1ccccc1Br. The Labute approximate surface area is 116 Å². The monoisotopic (exact) mass is 314 g/mol. The molecule has 0 saturated carbocycles. The first kappa shape index (κ1) is 15.1. The van der Waals surface area contributed by atoms with Gasteiger partial charge >= 0.3 is 0 Å². The first-order valence-corrected chi connectivity index (χ1v) is 6.68. The van der Waals surface area contributed by atoms with E-state index in [0.717, 1.165) is 10.0 Å². The number of rotatable bonds is 7. The minimum atomic E-state index is -0.228. The van der Waals surface area contributed by atoms with E-state index in [9.17, 15) is 4.79 Å². The average Bonchev–Trinajstić information content (AvgIpc) is 2.37. The third-order valence-corrected chi connectivity index (χ3v) is 3.33. The van der Waals surface area contributed by atoms with Crippen molar-refractivity contribution >= 4 is 21.8 Å². The van der Waals surface area contributed by atoms with Crippen molar-refractivity contribution in [3.8, 4) is 0 Å². The molecule has 0 spiro atoms. The molecule has 1 aromatic carbocycles. The molecule has 0 aliphatic carbocycles. The van der Waals surface area contributed by atoms with Crippen molar-refractivity contribution in [2.75, 3.05) is 20.3 Å². The van der Waals surface area contributed by atoms with Crippen LogP contribution in [0.25, 0.3) is 0 Å². The molecule has 18 heavy (non-hydrogen) atoms. The maximum absolute atomic E-state index is 11.7. The Morgan fingerprint density at radius 3 is 2.83 bits per heavy atom. The molecule has 0 bridgehead atoms. The van der Waals surface area contributed by atoms with Crippen LogP contribution in [0.3, 0.4) is 0 Å². The summed E-state index contributed by atoms with van der Waals surface area (Å²) in [5, 5.41) is 5.98. The van der Waals surface area contributed by atoms with E-state index in [1.165, 1.54) is 0 Å². The van der Waals surface area contributed by atoms with E-state index in [2.05, 4.69) is 26.6 Å². The van der Waals surface area contributed by atoms with Crippen LogP contribution < -0.4 is 10.6 Å². The Morgan fingerprint density at radius 2 is 2.17 bits per heavy atom. The van der Waals surface area contributed by atoms with Gasteiger partial charge in [0, 0.05) is 24.7 Å². The first-order valence-electron chi connectivity index (χ1n) is 5.88. The van der Waals surface area contributed by atoms with E-state index in [1.807, 2.05) is 31.2 Å².